The molecule has 0 saturated heterocycles. The summed E-state index contributed by atoms with van der Waals surface area (Å²) in [4.78, 5) is 0. The third-order valence-corrected chi connectivity index (χ3v) is 0.371. The molecule has 0 aromatic carbocycles. The Hall–Kier alpha value is -0.420. The molecule has 0 heterocycles. The van der Waals surface area contributed by atoms with Crippen molar-refractivity contribution in [3.8, 4) is 0 Å². The first-order chi connectivity index (χ1) is 3.27. The Morgan fingerprint density at radius 3 is 2.71 bits per heavy atom. The maximum atomic E-state index is 9.52. The molecule has 0 aliphatic rings. The van der Waals surface area contributed by atoms with Gasteiger partial charge in [0, 0.05) is 6.54 Å². The molecule has 0 fully saturated rings. The molecule has 0 aliphatic heterocycles. The Bertz CT molecular complexity index is 54.9. The van der Waals surface area contributed by atoms with Gasteiger partial charge in [-0.25, -0.2) is 5.43 Å². The fraction of sp³-hybridized carbons (Fsp3) is 0.333. The number of hydrogen-bond donors (Lipinski definition) is 2. The van der Waals surface area contributed by atoms with Gasteiger partial charge in [-0.15, -0.1) is 6.58 Å². The van der Waals surface area contributed by atoms with Crippen molar-refractivity contribution in [1.82, 2.24) is 10.8 Å². The molecular weight excluding hydrogens is 96.0 g/mol. The van der Waals surface area contributed by atoms with Crippen LogP contribution in [0.3, 0.4) is 0 Å². The Kier molecular flexibility index (Phi) is 3.53. The summed E-state index contributed by atoms with van der Waals surface area (Å²) >= 11 is 0. The first-order valence-corrected chi connectivity index (χ1v) is 1.78. The zero-order valence-corrected chi connectivity index (χ0v) is 3.79. The molecule has 0 aromatic rings. The molecule has 0 aromatic heterocycles. The fourth-order valence-electron chi connectivity index (χ4n) is 0.143. The summed E-state index contributed by atoms with van der Waals surface area (Å²) < 4.78 is 0. The number of rotatable bonds is 3. The second kappa shape index (κ2) is 3.76. The molecule has 7 heavy (non-hydrogen) atoms. The van der Waals surface area contributed by atoms with Crippen molar-refractivity contribution in [2.45, 2.75) is 0 Å². The molecule has 4 heteroatoms. The van der Waals surface area contributed by atoms with Gasteiger partial charge in [-0.3, -0.25) is 0 Å². The SMILES string of the molecule is C=CCNN([O-])O. The van der Waals surface area contributed by atoms with Gasteiger partial charge in [-0.1, -0.05) is 6.08 Å². The van der Waals surface area contributed by atoms with E-state index in [9.17, 15) is 5.21 Å². The average molecular weight is 103 g/mol. The molecule has 0 atom stereocenters. The second-order valence-electron chi connectivity index (χ2n) is 0.924. The highest BCUT2D eigenvalue weighted by Crippen LogP contribution is 1.63. The summed E-state index contributed by atoms with van der Waals surface area (Å²) in [5.41, 5.74) is 2.01. The topological polar surface area (TPSA) is 58.6 Å². The molecule has 0 radical (unpaired) electrons. The van der Waals surface area contributed by atoms with Crippen molar-refractivity contribution in [2.75, 3.05) is 6.54 Å². The van der Waals surface area contributed by atoms with Crippen LogP contribution in [-0.4, -0.2) is 17.1 Å². The smallest absolute Gasteiger partial charge is 0.0292 e. The maximum absolute atomic E-state index is 9.52. The molecule has 0 unspecified atom stereocenters. The van der Waals surface area contributed by atoms with Crippen LogP contribution < -0.4 is 5.43 Å². The highest BCUT2D eigenvalue weighted by atomic mass is 16.8. The van der Waals surface area contributed by atoms with Crippen LogP contribution in [0.2, 0.25) is 0 Å². The lowest BCUT2D eigenvalue weighted by Crippen LogP contribution is -2.29. The van der Waals surface area contributed by atoms with Gasteiger partial charge < -0.3 is 10.4 Å². The normalized spacial score (nSPS) is 9.57. The monoisotopic (exact) mass is 103 g/mol. The molecule has 42 valence electrons. The summed E-state index contributed by atoms with van der Waals surface area (Å²) in [5.74, 6) is 0. The zero-order valence-electron chi connectivity index (χ0n) is 3.79. The fourth-order valence-corrected chi connectivity index (χ4v) is 0.143. The number of nitrogens with zero attached hydrogens (tertiary/aromatic N) is 1. The maximum Gasteiger partial charge on any atom is 0.0292 e. The minimum absolute atomic E-state index is 0.278. The number of nitrogens with one attached hydrogen (secondary N) is 1. The third kappa shape index (κ3) is 5.58. The Labute approximate surface area is 41.6 Å². The summed E-state index contributed by atoms with van der Waals surface area (Å²) in [7, 11) is 0. The molecule has 0 bridgehead atoms. The molecular formula is C3H7N2O2-. The number of hydrazine groups is 1. The van der Waals surface area contributed by atoms with Crippen LogP contribution in [-0.2, 0) is 0 Å². The lowest BCUT2D eigenvalue weighted by molar-refractivity contribution is -0.0850. The standard InChI is InChI=1S/C3H7N2O2/c1-2-3-4-5(6)7/h2,4,6H,1,3H2/q-1. The molecule has 0 aliphatic carbocycles. The first kappa shape index (κ1) is 6.58. The van der Waals surface area contributed by atoms with E-state index < -0.39 is 0 Å². The van der Waals surface area contributed by atoms with Gasteiger partial charge in [0.05, 0.1) is 0 Å². The van der Waals surface area contributed by atoms with Gasteiger partial charge >= 0.3 is 0 Å². The summed E-state index contributed by atoms with van der Waals surface area (Å²) in [6.07, 6.45) is 1.46. The van der Waals surface area contributed by atoms with E-state index in [2.05, 4.69) is 6.58 Å². The minimum Gasteiger partial charge on any atom is -0.748 e. The van der Waals surface area contributed by atoms with E-state index in [0.29, 0.717) is 0 Å². The Morgan fingerprint density at radius 1 is 2.00 bits per heavy atom. The molecule has 4 nitrogen and oxygen atoms in total. The quantitative estimate of drug-likeness (QED) is 0.385. The van der Waals surface area contributed by atoms with E-state index in [-0.39, 0.29) is 11.9 Å². The van der Waals surface area contributed by atoms with Gasteiger partial charge in [-0.05, 0) is 0 Å². The van der Waals surface area contributed by atoms with Crippen LogP contribution in [0, 0.1) is 5.21 Å². The van der Waals surface area contributed by atoms with Gasteiger partial charge in [0.2, 0.25) is 0 Å². The zero-order chi connectivity index (χ0) is 5.70. The molecule has 2 N–H and O–H groups in total. The van der Waals surface area contributed by atoms with Crippen LogP contribution in [0.15, 0.2) is 12.7 Å². The first-order valence-electron chi connectivity index (χ1n) is 1.78. The van der Waals surface area contributed by atoms with Crippen LogP contribution in [0.5, 0.6) is 0 Å². The van der Waals surface area contributed by atoms with Crippen LogP contribution >= 0.6 is 0 Å². The predicted molar refractivity (Wildman–Crippen MR) is 25.2 cm³/mol. The minimum atomic E-state index is -0.359. The van der Waals surface area contributed by atoms with Crippen molar-refractivity contribution in [3.63, 3.8) is 0 Å². The van der Waals surface area contributed by atoms with Crippen molar-refractivity contribution in [2.24, 2.45) is 0 Å². The van der Waals surface area contributed by atoms with Crippen molar-refractivity contribution >= 4 is 0 Å². The van der Waals surface area contributed by atoms with Crippen LogP contribution in [0.4, 0.5) is 0 Å². The summed E-state index contributed by atoms with van der Waals surface area (Å²) in [6, 6.07) is 0. The summed E-state index contributed by atoms with van der Waals surface area (Å²) in [5, 5.41) is 17.0. The lowest BCUT2D eigenvalue weighted by Gasteiger charge is -2.18. The van der Waals surface area contributed by atoms with E-state index in [4.69, 9.17) is 5.21 Å². The number of hydrogen-bond acceptors (Lipinski definition) is 4. The van der Waals surface area contributed by atoms with E-state index in [1.54, 1.807) is 0 Å². The molecule has 0 rings (SSSR count). The molecule has 0 saturated carbocycles. The van der Waals surface area contributed by atoms with Crippen molar-refractivity contribution in [3.05, 3.63) is 17.9 Å². The third-order valence-electron chi connectivity index (χ3n) is 0.371. The largest absolute Gasteiger partial charge is 0.748 e. The van der Waals surface area contributed by atoms with Crippen molar-refractivity contribution in [1.29, 1.82) is 0 Å². The van der Waals surface area contributed by atoms with Gasteiger partial charge in [0.1, 0.15) is 0 Å². The van der Waals surface area contributed by atoms with Gasteiger partial charge in [0.15, 0.2) is 0 Å². The Morgan fingerprint density at radius 2 is 2.57 bits per heavy atom. The second-order valence-corrected chi connectivity index (χ2v) is 0.924. The average Bonchev–Trinajstić information content (AvgIpc) is 1.61. The molecule has 0 amide bonds. The van der Waals surface area contributed by atoms with Crippen molar-refractivity contribution < 1.29 is 5.21 Å². The lowest BCUT2D eigenvalue weighted by atomic mass is 10.7. The van der Waals surface area contributed by atoms with Crippen LogP contribution in [0.25, 0.3) is 0 Å². The molecule has 0 spiro atoms. The summed E-state index contributed by atoms with van der Waals surface area (Å²) in [6.45, 7) is 3.57. The van der Waals surface area contributed by atoms with E-state index >= 15 is 0 Å². The predicted octanol–water partition coefficient (Wildman–Crippen LogP) is -0.134. The van der Waals surface area contributed by atoms with Gasteiger partial charge in [-0.2, -0.15) is 5.34 Å². The highest BCUT2D eigenvalue weighted by Gasteiger charge is 1.72. The van der Waals surface area contributed by atoms with Gasteiger partial charge in [0.25, 0.3) is 0 Å². The Balaban J connectivity index is 2.81. The highest BCUT2D eigenvalue weighted by molar-refractivity contribution is 4.67. The van der Waals surface area contributed by atoms with E-state index in [0.717, 1.165) is 0 Å². The van der Waals surface area contributed by atoms with E-state index in [1.165, 1.54) is 6.08 Å². The van der Waals surface area contributed by atoms with Crippen LogP contribution in [0.1, 0.15) is 0 Å². The van der Waals surface area contributed by atoms with E-state index in [1.807, 2.05) is 5.43 Å².